The number of hydrogen-bond donors (Lipinski definition) is 3. The SMILES string of the molecule is NC[C@@H]1CC[C@H]1NC(=O)O. The minimum atomic E-state index is -0.942. The van der Waals surface area contributed by atoms with Gasteiger partial charge in [-0.25, -0.2) is 4.79 Å². The lowest BCUT2D eigenvalue weighted by atomic mass is 9.80. The predicted molar refractivity (Wildman–Crippen MR) is 36.7 cm³/mol. The van der Waals surface area contributed by atoms with Crippen molar-refractivity contribution < 1.29 is 9.90 Å². The number of carboxylic acid groups (broad SMARTS) is 1. The Morgan fingerprint density at radius 2 is 2.40 bits per heavy atom. The van der Waals surface area contributed by atoms with Gasteiger partial charge in [-0.05, 0) is 25.3 Å². The van der Waals surface area contributed by atoms with Gasteiger partial charge in [-0.15, -0.1) is 0 Å². The van der Waals surface area contributed by atoms with Gasteiger partial charge in [0.05, 0.1) is 0 Å². The fourth-order valence-electron chi connectivity index (χ4n) is 1.20. The van der Waals surface area contributed by atoms with E-state index < -0.39 is 6.09 Å². The maximum absolute atomic E-state index is 10.1. The Morgan fingerprint density at radius 1 is 1.70 bits per heavy atom. The molecule has 0 spiro atoms. The standard InChI is InChI=1S/C6H12N2O2/c7-3-4-1-2-5(4)8-6(9)10/h4-5,8H,1-3,7H2,(H,9,10)/t4-,5+/m0/s1. The molecule has 1 aliphatic carbocycles. The topological polar surface area (TPSA) is 75.3 Å². The molecule has 58 valence electrons. The van der Waals surface area contributed by atoms with E-state index in [1.54, 1.807) is 0 Å². The lowest BCUT2D eigenvalue weighted by molar-refractivity contribution is 0.162. The molecule has 0 bridgehead atoms. The van der Waals surface area contributed by atoms with Crippen molar-refractivity contribution >= 4 is 6.09 Å². The van der Waals surface area contributed by atoms with Crippen LogP contribution < -0.4 is 11.1 Å². The molecular formula is C6H12N2O2. The minimum absolute atomic E-state index is 0.113. The highest BCUT2D eigenvalue weighted by molar-refractivity contribution is 5.65. The van der Waals surface area contributed by atoms with Gasteiger partial charge in [0.25, 0.3) is 0 Å². The van der Waals surface area contributed by atoms with Crippen molar-refractivity contribution in [3.8, 4) is 0 Å². The van der Waals surface area contributed by atoms with E-state index >= 15 is 0 Å². The normalized spacial score (nSPS) is 30.9. The molecule has 2 atom stereocenters. The van der Waals surface area contributed by atoms with E-state index in [0.717, 1.165) is 12.8 Å². The van der Waals surface area contributed by atoms with Crippen LogP contribution in [0.4, 0.5) is 4.79 Å². The molecule has 0 aromatic heterocycles. The van der Waals surface area contributed by atoms with Gasteiger partial charge in [-0.2, -0.15) is 0 Å². The molecule has 0 radical (unpaired) electrons. The third-order valence-corrected chi connectivity index (χ3v) is 2.03. The molecule has 4 N–H and O–H groups in total. The van der Waals surface area contributed by atoms with E-state index in [1.807, 2.05) is 0 Å². The Balaban J connectivity index is 2.23. The van der Waals surface area contributed by atoms with Crippen LogP contribution >= 0.6 is 0 Å². The van der Waals surface area contributed by atoms with Gasteiger partial charge in [-0.1, -0.05) is 0 Å². The van der Waals surface area contributed by atoms with Crippen molar-refractivity contribution in [3.05, 3.63) is 0 Å². The van der Waals surface area contributed by atoms with Crippen molar-refractivity contribution in [1.29, 1.82) is 0 Å². The maximum Gasteiger partial charge on any atom is 0.404 e. The summed E-state index contributed by atoms with van der Waals surface area (Å²) in [6.07, 6.45) is 1.05. The molecule has 1 amide bonds. The summed E-state index contributed by atoms with van der Waals surface area (Å²) in [4.78, 5) is 10.1. The Kier molecular flexibility index (Phi) is 2.11. The Hall–Kier alpha value is -0.770. The first-order valence-electron chi connectivity index (χ1n) is 3.43. The van der Waals surface area contributed by atoms with Crippen molar-refractivity contribution in [2.45, 2.75) is 18.9 Å². The third kappa shape index (κ3) is 1.39. The maximum atomic E-state index is 10.1. The molecule has 0 aliphatic heterocycles. The quantitative estimate of drug-likeness (QED) is 0.510. The summed E-state index contributed by atoms with van der Waals surface area (Å²) in [5, 5.41) is 10.7. The molecular weight excluding hydrogens is 132 g/mol. The molecule has 1 fully saturated rings. The molecule has 1 aliphatic rings. The highest BCUT2D eigenvalue weighted by atomic mass is 16.4. The summed E-state index contributed by atoms with van der Waals surface area (Å²) >= 11 is 0. The third-order valence-electron chi connectivity index (χ3n) is 2.03. The molecule has 0 heterocycles. The van der Waals surface area contributed by atoms with Gasteiger partial charge in [0, 0.05) is 6.04 Å². The van der Waals surface area contributed by atoms with Crippen LogP contribution in [0.15, 0.2) is 0 Å². The van der Waals surface area contributed by atoms with Crippen molar-refractivity contribution in [2.24, 2.45) is 11.7 Å². The first-order chi connectivity index (χ1) is 4.74. The molecule has 10 heavy (non-hydrogen) atoms. The van der Waals surface area contributed by atoms with Crippen molar-refractivity contribution in [1.82, 2.24) is 5.32 Å². The fraction of sp³-hybridized carbons (Fsp3) is 0.833. The first kappa shape index (κ1) is 7.34. The first-order valence-corrected chi connectivity index (χ1v) is 3.43. The summed E-state index contributed by atoms with van der Waals surface area (Å²) in [7, 11) is 0. The van der Waals surface area contributed by atoms with Gasteiger partial charge in [0.2, 0.25) is 0 Å². The van der Waals surface area contributed by atoms with Gasteiger partial charge >= 0.3 is 6.09 Å². The molecule has 4 heteroatoms. The van der Waals surface area contributed by atoms with Crippen molar-refractivity contribution in [2.75, 3.05) is 6.54 Å². The smallest absolute Gasteiger partial charge is 0.404 e. The van der Waals surface area contributed by atoms with Gasteiger partial charge in [0.1, 0.15) is 0 Å². The van der Waals surface area contributed by atoms with E-state index in [4.69, 9.17) is 10.8 Å². The van der Waals surface area contributed by atoms with Crippen molar-refractivity contribution in [3.63, 3.8) is 0 Å². The Bertz CT molecular complexity index is 136. The summed E-state index contributed by atoms with van der Waals surface area (Å²) in [5.41, 5.74) is 5.37. The van der Waals surface area contributed by atoms with Gasteiger partial charge in [0.15, 0.2) is 0 Å². The number of nitrogens with two attached hydrogens (primary N) is 1. The molecule has 1 saturated carbocycles. The van der Waals surface area contributed by atoms with Gasteiger partial charge in [-0.3, -0.25) is 0 Å². The second-order valence-electron chi connectivity index (χ2n) is 2.63. The van der Waals surface area contributed by atoms with Crippen LogP contribution in [0.1, 0.15) is 12.8 Å². The van der Waals surface area contributed by atoms with E-state index in [-0.39, 0.29) is 6.04 Å². The zero-order valence-electron chi connectivity index (χ0n) is 5.71. The van der Waals surface area contributed by atoms with E-state index in [1.165, 1.54) is 0 Å². The molecule has 0 aromatic carbocycles. The average Bonchev–Trinajstić information content (AvgIpc) is 1.82. The average molecular weight is 144 g/mol. The van der Waals surface area contributed by atoms with E-state index in [2.05, 4.69) is 5.32 Å². The summed E-state index contributed by atoms with van der Waals surface area (Å²) < 4.78 is 0. The van der Waals surface area contributed by atoms with Crippen LogP contribution in [0.2, 0.25) is 0 Å². The second kappa shape index (κ2) is 2.88. The monoisotopic (exact) mass is 144 g/mol. The lowest BCUT2D eigenvalue weighted by Gasteiger charge is -2.35. The van der Waals surface area contributed by atoms with E-state index in [9.17, 15) is 4.79 Å². The zero-order valence-corrected chi connectivity index (χ0v) is 5.71. The second-order valence-corrected chi connectivity index (χ2v) is 2.63. The molecule has 0 aromatic rings. The van der Waals surface area contributed by atoms with Gasteiger partial charge < -0.3 is 16.2 Å². The summed E-state index contributed by atoms with van der Waals surface area (Å²) in [6.45, 7) is 0.588. The number of nitrogens with one attached hydrogen (secondary N) is 1. The molecule has 1 rings (SSSR count). The largest absolute Gasteiger partial charge is 0.465 e. The zero-order chi connectivity index (χ0) is 7.56. The minimum Gasteiger partial charge on any atom is -0.465 e. The number of carbonyl (C=O) groups is 1. The van der Waals surface area contributed by atoms with Crippen LogP contribution in [0, 0.1) is 5.92 Å². The number of amides is 1. The van der Waals surface area contributed by atoms with Crippen LogP contribution in [-0.4, -0.2) is 23.8 Å². The summed E-state index contributed by atoms with van der Waals surface area (Å²) in [5.74, 6) is 0.371. The van der Waals surface area contributed by atoms with Crippen LogP contribution in [0.25, 0.3) is 0 Å². The predicted octanol–water partition coefficient (Wildman–Crippen LogP) is -0.00870. The number of hydrogen-bond acceptors (Lipinski definition) is 2. The molecule has 0 saturated heterocycles. The highest BCUT2D eigenvalue weighted by Gasteiger charge is 2.30. The Labute approximate surface area is 59.4 Å². The number of rotatable bonds is 2. The molecule has 0 unspecified atom stereocenters. The lowest BCUT2D eigenvalue weighted by Crippen LogP contribution is -2.49. The van der Waals surface area contributed by atoms with E-state index in [0.29, 0.717) is 12.5 Å². The fourth-order valence-corrected chi connectivity index (χ4v) is 1.20. The van der Waals surface area contributed by atoms with Crippen LogP contribution in [0.3, 0.4) is 0 Å². The Morgan fingerprint density at radius 3 is 2.70 bits per heavy atom. The molecule has 4 nitrogen and oxygen atoms in total. The summed E-state index contributed by atoms with van der Waals surface area (Å²) in [6, 6.07) is 0.113. The highest BCUT2D eigenvalue weighted by Crippen LogP contribution is 2.25. The van der Waals surface area contributed by atoms with Crippen LogP contribution in [-0.2, 0) is 0 Å². The van der Waals surface area contributed by atoms with Crippen LogP contribution in [0.5, 0.6) is 0 Å².